The lowest BCUT2D eigenvalue weighted by molar-refractivity contribution is -0.139. The summed E-state index contributed by atoms with van der Waals surface area (Å²) >= 11 is 0. The van der Waals surface area contributed by atoms with E-state index in [0.717, 1.165) is 0 Å². The van der Waals surface area contributed by atoms with Gasteiger partial charge in [0.2, 0.25) is 0 Å². The van der Waals surface area contributed by atoms with Gasteiger partial charge in [-0.15, -0.1) is 0 Å². The number of hydrogen-bond acceptors (Lipinski definition) is 2. The van der Waals surface area contributed by atoms with Crippen molar-refractivity contribution in [3.05, 3.63) is 29.7 Å². The molecule has 1 unspecified atom stereocenters. The zero-order valence-electron chi connectivity index (χ0n) is 9.57. The average Bonchev–Trinajstić information content (AvgIpc) is 2.60. The Morgan fingerprint density at radius 2 is 2.18 bits per heavy atom. The van der Waals surface area contributed by atoms with E-state index in [9.17, 15) is 14.3 Å². The van der Waals surface area contributed by atoms with Gasteiger partial charge in [-0.3, -0.25) is 9.89 Å². The molecule has 1 aromatic heterocycles. The van der Waals surface area contributed by atoms with Crippen molar-refractivity contribution in [1.82, 2.24) is 10.2 Å². The molecule has 0 saturated carbocycles. The summed E-state index contributed by atoms with van der Waals surface area (Å²) in [5, 5.41) is 16.5. The largest absolute Gasteiger partial charge is 0.481 e. The van der Waals surface area contributed by atoms with Crippen LogP contribution in [0.1, 0.15) is 25.5 Å². The maximum Gasteiger partial charge on any atom is 0.312 e. The number of halogens is 1. The third-order valence-corrected chi connectivity index (χ3v) is 2.79. The lowest BCUT2D eigenvalue weighted by Crippen LogP contribution is -2.18. The second-order valence-electron chi connectivity index (χ2n) is 4.36. The van der Waals surface area contributed by atoms with Crippen LogP contribution >= 0.6 is 0 Å². The minimum Gasteiger partial charge on any atom is -0.481 e. The molecule has 2 aromatic rings. The van der Waals surface area contributed by atoms with Gasteiger partial charge in [-0.05, 0) is 18.1 Å². The van der Waals surface area contributed by atoms with Crippen molar-refractivity contribution < 1.29 is 14.3 Å². The van der Waals surface area contributed by atoms with E-state index < -0.39 is 11.9 Å². The monoisotopic (exact) mass is 236 g/mol. The van der Waals surface area contributed by atoms with Gasteiger partial charge in [-0.2, -0.15) is 5.10 Å². The Kier molecular flexibility index (Phi) is 2.83. The molecule has 0 fully saturated rings. The van der Waals surface area contributed by atoms with Crippen molar-refractivity contribution in [2.75, 3.05) is 0 Å². The first-order chi connectivity index (χ1) is 8.00. The second-order valence-corrected chi connectivity index (χ2v) is 4.36. The minimum atomic E-state index is -0.908. The van der Waals surface area contributed by atoms with E-state index in [1.54, 1.807) is 6.07 Å². The number of fused-ring (bicyclic) bond motifs is 1. The first kappa shape index (κ1) is 11.6. The van der Waals surface area contributed by atoms with Gasteiger partial charge in [0.05, 0.1) is 11.2 Å². The van der Waals surface area contributed by atoms with Crippen molar-refractivity contribution in [2.24, 2.45) is 5.92 Å². The predicted octanol–water partition coefficient (Wildman–Crippen LogP) is 2.53. The zero-order chi connectivity index (χ0) is 12.6. The smallest absolute Gasteiger partial charge is 0.312 e. The number of rotatable bonds is 3. The van der Waals surface area contributed by atoms with E-state index in [4.69, 9.17) is 0 Å². The van der Waals surface area contributed by atoms with Gasteiger partial charge in [0.25, 0.3) is 0 Å². The summed E-state index contributed by atoms with van der Waals surface area (Å²) in [5.74, 6) is -2.02. The number of carboxylic acid groups (broad SMARTS) is 1. The summed E-state index contributed by atoms with van der Waals surface area (Å²) in [5.41, 5.74) is 0.981. The Morgan fingerprint density at radius 3 is 2.76 bits per heavy atom. The molecular weight excluding hydrogens is 223 g/mol. The molecule has 2 rings (SSSR count). The molecule has 0 saturated heterocycles. The van der Waals surface area contributed by atoms with Gasteiger partial charge in [0, 0.05) is 11.5 Å². The lowest BCUT2D eigenvalue weighted by atomic mass is 9.91. The molecule has 0 bridgehead atoms. The molecular formula is C12H13FN2O2. The van der Waals surface area contributed by atoms with Crippen molar-refractivity contribution in [3.63, 3.8) is 0 Å². The summed E-state index contributed by atoms with van der Waals surface area (Å²) in [4.78, 5) is 11.2. The normalized spacial score (nSPS) is 13.2. The van der Waals surface area contributed by atoms with E-state index in [-0.39, 0.29) is 11.7 Å². The number of benzene rings is 1. The predicted molar refractivity (Wildman–Crippen MR) is 61.3 cm³/mol. The van der Waals surface area contributed by atoms with E-state index in [1.165, 1.54) is 12.1 Å². The first-order valence-corrected chi connectivity index (χ1v) is 5.37. The molecule has 1 aromatic carbocycles. The number of nitrogens with zero attached hydrogens (tertiary/aromatic N) is 1. The van der Waals surface area contributed by atoms with Crippen molar-refractivity contribution in [3.8, 4) is 0 Å². The fraction of sp³-hybridized carbons (Fsp3) is 0.333. The van der Waals surface area contributed by atoms with E-state index in [2.05, 4.69) is 10.2 Å². The standard InChI is InChI=1S/C12H13FN2O2/c1-6(2)10(12(16)17)11-8-4-3-7(13)5-9(8)14-15-11/h3-6,10H,1-2H3,(H,14,15)(H,16,17). The third-order valence-electron chi connectivity index (χ3n) is 2.79. The highest BCUT2D eigenvalue weighted by Crippen LogP contribution is 2.29. The van der Waals surface area contributed by atoms with Crippen LogP contribution in [-0.2, 0) is 4.79 Å². The van der Waals surface area contributed by atoms with Crippen LogP contribution in [0.4, 0.5) is 4.39 Å². The molecule has 0 amide bonds. The van der Waals surface area contributed by atoms with Crippen LogP contribution in [0.15, 0.2) is 18.2 Å². The fourth-order valence-electron chi connectivity index (χ4n) is 1.98. The summed E-state index contributed by atoms with van der Waals surface area (Å²) < 4.78 is 13.0. The molecule has 17 heavy (non-hydrogen) atoms. The Labute approximate surface area is 97.5 Å². The summed E-state index contributed by atoms with van der Waals surface area (Å²) in [7, 11) is 0. The highest BCUT2D eigenvalue weighted by Gasteiger charge is 2.27. The topological polar surface area (TPSA) is 66.0 Å². The van der Waals surface area contributed by atoms with Gasteiger partial charge in [0.1, 0.15) is 11.7 Å². The maximum absolute atomic E-state index is 13.0. The van der Waals surface area contributed by atoms with Crippen LogP contribution in [0.3, 0.4) is 0 Å². The van der Waals surface area contributed by atoms with Crippen LogP contribution in [0.25, 0.3) is 10.9 Å². The number of carbonyl (C=O) groups is 1. The van der Waals surface area contributed by atoms with Crippen LogP contribution in [0.5, 0.6) is 0 Å². The number of H-pyrrole nitrogens is 1. The van der Waals surface area contributed by atoms with Crippen LogP contribution in [0, 0.1) is 11.7 Å². The molecule has 5 heteroatoms. The second kappa shape index (κ2) is 4.16. The van der Waals surface area contributed by atoms with Crippen molar-refractivity contribution in [2.45, 2.75) is 19.8 Å². The molecule has 1 heterocycles. The molecule has 1 atom stereocenters. The number of hydrogen-bond donors (Lipinski definition) is 2. The van der Waals surface area contributed by atoms with Crippen LogP contribution < -0.4 is 0 Å². The molecule has 4 nitrogen and oxygen atoms in total. The molecule has 0 aliphatic heterocycles. The van der Waals surface area contributed by atoms with Gasteiger partial charge in [-0.25, -0.2) is 4.39 Å². The fourth-order valence-corrected chi connectivity index (χ4v) is 1.98. The SMILES string of the molecule is CC(C)C(C(=O)O)c1[nH]nc2cc(F)ccc12. The lowest BCUT2D eigenvalue weighted by Gasteiger charge is -2.14. The Balaban J connectivity index is 2.58. The van der Waals surface area contributed by atoms with Gasteiger partial charge in [-0.1, -0.05) is 13.8 Å². The van der Waals surface area contributed by atoms with Crippen molar-refractivity contribution in [1.29, 1.82) is 0 Å². The van der Waals surface area contributed by atoms with Gasteiger partial charge >= 0.3 is 5.97 Å². The number of aromatic nitrogens is 2. The quantitative estimate of drug-likeness (QED) is 0.860. The first-order valence-electron chi connectivity index (χ1n) is 5.37. The Morgan fingerprint density at radius 1 is 1.47 bits per heavy atom. The number of aliphatic carboxylic acids is 1. The molecule has 90 valence electrons. The van der Waals surface area contributed by atoms with Gasteiger partial charge in [0.15, 0.2) is 0 Å². The number of aromatic amines is 1. The van der Waals surface area contributed by atoms with E-state index >= 15 is 0 Å². The molecule has 0 aliphatic rings. The average molecular weight is 236 g/mol. The van der Waals surface area contributed by atoms with Gasteiger partial charge < -0.3 is 5.11 Å². The van der Waals surface area contributed by atoms with Crippen LogP contribution in [0.2, 0.25) is 0 Å². The highest BCUT2D eigenvalue weighted by molar-refractivity contribution is 5.87. The number of nitrogens with one attached hydrogen (secondary N) is 1. The molecule has 0 radical (unpaired) electrons. The van der Waals surface area contributed by atoms with E-state index in [1.807, 2.05) is 13.8 Å². The third kappa shape index (κ3) is 2.00. The number of carboxylic acids is 1. The Hall–Kier alpha value is -1.91. The van der Waals surface area contributed by atoms with Crippen molar-refractivity contribution >= 4 is 16.9 Å². The maximum atomic E-state index is 13.0. The van der Waals surface area contributed by atoms with Crippen LogP contribution in [-0.4, -0.2) is 21.3 Å². The molecule has 0 aliphatic carbocycles. The molecule has 0 spiro atoms. The van der Waals surface area contributed by atoms with E-state index in [0.29, 0.717) is 16.6 Å². The summed E-state index contributed by atoms with van der Waals surface area (Å²) in [6, 6.07) is 4.15. The summed E-state index contributed by atoms with van der Waals surface area (Å²) in [6.45, 7) is 3.66. The molecule has 2 N–H and O–H groups in total. The zero-order valence-corrected chi connectivity index (χ0v) is 9.57. The Bertz CT molecular complexity index is 563. The summed E-state index contributed by atoms with van der Waals surface area (Å²) in [6.07, 6.45) is 0. The highest BCUT2D eigenvalue weighted by atomic mass is 19.1. The minimum absolute atomic E-state index is 0.0683.